The second kappa shape index (κ2) is 8.95. The Hall–Kier alpha value is -4.05. The van der Waals surface area contributed by atoms with Crippen LogP contribution in [0.1, 0.15) is 12.8 Å². The van der Waals surface area contributed by atoms with E-state index in [2.05, 4.69) is 35.3 Å². The summed E-state index contributed by atoms with van der Waals surface area (Å²) in [6.07, 6.45) is 6.46. The summed E-state index contributed by atoms with van der Waals surface area (Å²) in [5.41, 5.74) is 9.19. The summed E-state index contributed by atoms with van der Waals surface area (Å²) in [4.78, 5) is 19.7. The largest absolute Gasteiger partial charge is 0.374 e. The van der Waals surface area contributed by atoms with Gasteiger partial charge in [0.1, 0.15) is 5.82 Å². The predicted molar refractivity (Wildman–Crippen MR) is 134 cm³/mol. The molecule has 3 aromatic heterocycles. The Balaban J connectivity index is 1.09. The summed E-state index contributed by atoms with van der Waals surface area (Å²) < 4.78 is 7.66. The number of aromatic nitrogens is 6. The van der Waals surface area contributed by atoms with Crippen molar-refractivity contribution in [2.75, 3.05) is 35.6 Å². The van der Waals surface area contributed by atoms with E-state index in [1.165, 1.54) is 12.8 Å². The molecule has 0 spiro atoms. The first-order chi connectivity index (χ1) is 17.1. The summed E-state index contributed by atoms with van der Waals surface area (Å²) in [6.45, 7) is 2.71. The van der Waals surface area contributed by atoms with Crippen LogP contribution in [0.4, 0.5) is 23.4 Å². The maximum absolute atomic E-state index is 5.94. The Morgan fingerprint density at radius 1 is 1.00 bits per heavy atom. The van der Waals surface area contributed by atoms with Crippen molar-refractivity contribution in [2.24, 2.45) is 13.0 Å². The van der Waals surface area contributed by atoms with Crippen LogP contribution in [-0.2, 0) is 11.8 Å². The van der Waals surface area contributed by atoms with Gasteiger partial charge in [0.2, 0.25) is 11.9 Å². The van der Waals surface area contributed by atoms with Gasteiger partial charge in [-0.05, 0) is 49.1 Å². The molecule has 2 fully saturated rings. The van der Waals surface area contributed by atoms with Crippen molar-refractivity contribution in [3.05, 3.63) is 54.9 Å². The molecule has 6 rings (SSSR count). The van der Waals surface area contributed by atoms with Gasteiger partial charge in [-0.3, -0.25) is 0 Å². The molecule has 0 unspecified atom stereocenters. The molecule has 178 valence electrons. The molecule has 1 saturated carbocycles. The average molecular weight is 470 g/mol. The smallest absolute Gasteiger partial charge is 0.225 e. The number of anilines is 4. The molecule has 0 atom stereocenters. The number of aryl methyl sites for hydroxylation is 1. The van der Waals surface area contributed by atoms with Crippen molar-refractivity contribution < 1.29 is 4.74 Å². The molecule has 0 radical (unpaired) electrons. The lowest BCUT2D eigenvalue weighted by molar-refractivity contribution is 0.0275. The molecule has 1 saturated heterocycles. The number of nitrogens with one attached hydrogen (secondary N) is 1. The van der Waals surface area contributed by atoms with E-state index < -0.39 is 0 Å². The highest BCUT2D eigenvalue weighted by atomic mass is 16.5. The number of benzene rings is 1. The number of nitrogens with two attached hydrogens (primary N) is 1. The molecule has 1 aliphatic heterocycles. The van der Waals surface area contributed by atoms with Gasteiger partial charge < -0.3 is 20.7 Å². The minimum Gasteiger partial charge on any atom is -0.374 e. The van der Waals surface area contributed by atoms with Crippen LogP contribution in [0.15, 0.2) is 54.9 Å². The summed E-state index contributed by atoms with van der Waals surface area (Å²) >= 11 is 0. The van der Waals surface area contributed by atoms with Crippen LogP contribution in [0, 0.1) is 5.92 Å². The van der Waals surface area contributed by atoms with Crippen LogP contribution < -0.4 is 16.0 Å². The molecular weight excluding hydrogens is 442 g/mol. The highest BCUT2D eigenvalue weighted by molar-refractivity contribution is 5.66. The van der Waals surface area contributed by atoms with Crippen molar-refractivity contribution in [1.29, 1.82) is 0 Å². The molecular formula is C25H27N9O. The van der Waals surface area contributed by atoms with E-state index in [-0.39, 0.29) is 5.95 Å². The normalized spacial score (nSPS) is 15.7. The van der Waals surface area contributed by atoms with E-state index in [1.807, 2.05) is 55.7 Å². The van der Waals surface area contributed by atoms with Gasteiger partial charge in [0.05, 0.1) is 11.8 Å². The minimum absolute atomic E-state index is 0.255. The number of ether oxygens (including phenoxy) is 1. The molecule has 4 heterocycles. The molecule has 1 aromatic carbocycles. The van der Waals surface area contributed by atoms with Crippen molar-refractivity contribution in [3.63, 3.8) is 0 Å². The summed E-state index contributed by atoms with van der Waals surface area (Å²) in [6, 6.07) is 13.7. The van der Waals surface area contributed by atoms with E-state index in [0.29, 0.717) is 17.9 Å². The molecule has 10 heteroatoms. The monoisotopic (exact) mass is 469 g/mol. The van der Waals surface area contributed by atoms with Gasteiger partial charge in [0.25, 0.3) is 0 Å². The number of nitrogen functional groups attached to an aromatic ring is 1. The fourth-order valence-electron chi connectivity index (χ4n) is 4.00. The maximum atomic E-state index is 5.94. The fourth-order valence-corrected chi connectivity index (χ4v) is 4.00. The molecule has 4 aromatic rings. The van der Waals surface area contributed by atoms with Gasteiger partial charge in [-0.1, -0.05) is 12.1 Å². The van der Waals surface area contributed by atoms with Crippen LogP contribution in [-0.4, -0.2) is 55.5 Å². The number of hydrogen-bond donors (Lipinski definition) is 2. The quantitative estimate of drug-likeness (QED) is 0.400. The second-order valence-electron chi connectivity index (χ2n) is 9.09. The minimum atomic E-state index is 0.255. The van der Waals surface area contributed by atoms with E-state index >= 15 is 0 Å². The molecule has 35 heavy (non-hydrogen) atoms. The van der Waals surface area contributed by atoms with E-state index in [0.717, 1.165) is 53.9 Å². The van der Waals surface area contributed by atoms with Crippen molar-refractivity contribution in [1.82, 2.24) is 29.7 Å². The lowest BCUT2D eigenvalue weighted by Gasteiger charge is -2.39. The second-order valence-corrected chi connectivity index (χ2v) is 9.09. The van der Waals surface area contributed by atoms with E-state index in [1.54, 1.807) is 10.9 Å². The Labute approximate surface area is 203 Å². The molecule has 0 bridgehead atoms. The van der Waals surface area contributed by atoms with Crippen LogP contribution >= 0.6 is 0 Å². The van der Waals surface area contributed by atoms with Crippen molar-refractivity contribution in [2.45, 2.75) is 18.9 Å². The third-order valence-electron chi connectivity index (χ3n) is 6.32. The zero-order chi connectivity index (χ0) is 23.8. The van der Waals surface area contributed by atoms with Crippen molar-refractivity contribution in [3.8, 4) is 22.6 Å². The first-order valence-corrected chi connectivity index (χ1v) is 11.8. The third kappa shape index (κ3) is 4.78. The average Bonchev–Trinajstić information content (AvgIpc) is 3.60. The topological polar surface area (TPSA) is 120 Å². The van der Waals surface area contributed by atoms with Gasteiger partial charge in [-0.2, -0.15) is 4.98 Å². The summed E-state index contributed by atoms with van der Waals surface area (Å²) in [5, 5.41) is 7.88. The summed E-state index contributed by atoms with van der Waals surface area (Å²) in [5.74, 6) is 3.28. The highest BCUT2D eigenvalue weighted by Crippen LogP contribution is 2.31. The van der Waals surface area contributed by atoms with E-state index in [4.69, 9.17) is 10.5 Å². The zero-order valence-corrected chi connectivity index (χ0v) is 19.5. The lowest BCUT2D eigenvalue weighted by atomic mass is 10.1. The SMILES string of the molecule is Cn1nc(-c2ccc(N3CC(OCC4CC4)C3)nc2)nc1Nc1ccc(-c2ccnc(N)n2)cc1. The van der Waals surface area contributed by atoms with Crippen LogP contribution in [0.25, 0.3) is 22.6 Å². The molecule has 1 aliphatic carbocycles. The molecule has 2 aliphatic rings. The van der Waals surface area contributed by atoms with E-state index in [9.17, 15) is 0 Å². The molecule has 0 amide bonds. The molecule has 3 N–H and O–H groups in total. The van der Waals surface area contributed by atoms with Crippen LogP contribution in [0.2, 0.25) is 0 Å². The number of rotatable bonds is 8. The number of nitrogens with zero attached hydrogens (tertiary/aromatic N) is 7. The highest BCUT2D eigenvalue weighted by Gasteiger charge is 2.31. The van der Waals surface area contributed by atoms with Gasteiger partial charge >= 0.3 is 0 Å². The predicted octanol–water partition coefficient (Wildman–Crippen LogP) is 3.28. The first kappa shape index (κ1) is 21.5. The van der Waals surface area contributed by atoms with Crippen LogP contribution in [0.3, 0.4) is 0 Å². The van der Waals surface area contributed by atoms with Crippen molar-refractivity contribution >= 4 is 23.4 Å². The van der Waals surface area contributed by atoms with Crippen LogP contribution in [0.5, 0.6) is 0 Å². The van der Waals surface area contributed by atoms with Gasteiger partial charge in [0.15, 0.2) is 5.82 Å². The summed E-state index contributed by atoms with van der Waals surface area (Å²) in [7, 11) is 1.86. The third-order valence-corrected chi connectivity index (χ3v) is 6.32. The molecule has 10 nitrogen and oxygen atoms in total. The lowest BCUT2D eigenvalue weighted by Crippen LogP contribution is -2.52. The zero-order valence-electron chi connectivity index (χ0n) is 19.5. The van der Waals surface area contributed by atoms with Gasteiger partial charge in [-0.15, -0.1) is 5.10 Å². The Bertz CT molecular complexity index is 1310. The number of pyridine rings is 1. The fraction of sp³-hybridized carbons (Fsp3) is 0.320. The van der Waals surface area contributed by atoms with Gasteiger partial charge in [0, 0.05) is 56.0 Å². The Morgan fingerprint density at radius 2 is 1.80 bits per heavy atom. The Kier molecular flexibility index (Phi) is 5.49. The first-order valence-electron chi connectivity index (χ1n) is 11.8. The number of hydrogen-bond acceptors (Lipinski definition) is 9. The van der Waals surface area contributed by atoms with Gasteiger partial charge in [-0.25, -0.2) is 19.6 Å². The Morgan fingerprint density at radius 3 is 2.51 bits per heavy atom. The maximum Gasteiger partial charge on any atom is 0.225 e. The standard InChI is InChI=1S/C25H27N9O/c1-33-25(29-19-7-4-17(5-8-19)21-10-11-27-24(26)30-21)31-23(32-33)18-6-9-22(28-12-18)34-13-20(14-34)35-15-16-2-3-16/h4-12,16,20H,2-3,13-15H2,1H3,(H2,26,27,30)(H,29,31,32).